The molecule has 3 aromatic rings. The number of fused-ring (bicyclic) bond motifs is 1. The molecule has 0 bridgehead atoms. The van der Waals surface area contributed by atoms with E-state index in [0.29, 0.717) is 40.5 Å². The summed E-state index contributed by atoms with van der Waals surface area (Å²) in [6.45, 7) is 7.34. The molecule has 2 atom stereocenters. The van der Waals surface area contributed by atoms with E-state index in [1.54, 1.807) is 18.3 Å². The second-order valence-electron chi connectivity index (χ2n) is 8.84. The monoisotopic (exact) mass is 445 g/mol. The summed E-state index contributed by atoms with van der Waals surface area (Å²) < 4.78 is 13.5. The van der Waals surface area contributed by atoms with Crippen molar-refractivity contribution in [3.63, 3.8) is 0 Å². The number of likely N-dealkylation sites (tertiary alicyclic amines) is 1. The number of aliphatic hydroxyl groups excluding tert-OH is 1. The van der Waals surface area contributed by atoms with Gasteiger partial charge in [-0.2, -0.15) is 4.98 Å². The Balaban J connectivity index is 1.72. The van der Waals surface area contributed by atoms with E-state index in [0.717, 1.165) is 19.4 Å². The molecule has 1 saturated heterocycles. The van der Waals surface area contributed by atoms with E-state index in [2.05, 4.69) is 27.0 Å². The van der Waals surface area contributed by atoms with Crippen LogP contribution in [0.4, 0.5) is 0 Å². The first kappa shape index (κ1) is 21.8. The molecule has 1 aliphatic rings. The number of benzene rings is 1. The van der Waals surface area contributed by atoms with Gasteiger partial charge in [0.15, 0.2) is 0 Å². The molecule has 0 radical (unpaired) electrons. The Kier molecular flexibility index (Phi) is 6.05. The Morgan fingerprint density at radius 1 is 1.29 bits per heavy atom. The smallest absolute Gasteiger partial charge is 0.337 e. The molecule has 1 aliphatic heterocycles. The van der Waals surface area contributed by atoms with Crippen molar-refractivity contribution < 1.29 is 14.6 Å². The molecule has 0 saturated carbocycles. The molecular weight excluding hydrogens is 418 g/mol. The van der Waals surface area contributed by atoms with Crippen LogP contribution < -0.4 is 9.47 Å². The zero-order valence-electron chi connectivity index (χ0n) is 18.2. The standard InChI is InChI=1S/C22H28ClN5O3/c1-22(2,3)31-20-19-24-12-17(18(29)15-9-5-6-10-16(15)23)28(19)26-21(25-20)30-13-14-8-7-11-27(14)4/h5-6,9-10,12,14,18,29H,7-8,11,13H2,1-4H3/t14-,18?/m0/s1. The van der Waals surface area contributed by atoms with Crippen LogP contribution in [0, 0.1) is 0 Å². The lowest BCUT2D eigenvalue weighted by Gasteiger charge is -2.22. The molecule has 4 rings (SSSR count). The van der Waals surface area contributed by atoms with Crippen molar-refractivity contribution in [2.24, 2.45) is 0 Å². The number of rotatable bonds is 6. The van der Waals surface area contributed by atoms with Crippen LogP contribution in [0.25, 0.3) is 5.65 Å². The molecule has 1 fully saturated rings. The van der Waals surface area contributed by atoms with Crippen LogP contribution in [0.1, 0.15) is 51.0 Å². The van der Waals surface area contributed by atoms with E-state index in [9.17, 15) is 5.11 Å². The highest BCUT2D eigenvalue weighted by molar-refractivity contribution is 6.31. The summed E-state index contributed by atoms with van der Waals surface area (Å²) in [4.78, 5) is 11.2. The van der Waals surface area contributed by atoms with Gasteiger partial charge in [0, 0.05) is 16.6 Å². The number of nitrogens with zero attached hydrogens (tertiary/aromatic N) is 5. The van der Waals surface area contributed by atoms with Gasteiger partial charge in [-0.15, -0.1) is 5.10 Å². The van der Waals surface area contributed by atoms with Crippen LogP contribution in [0.3, 0.4) is 0 Å². The summed E-state index contributed by atoms with van der Waals surface area (Å²) in [7, 11) is 2.09. The lowest BCUT2D eigenvalue weighted by molar-refractivity contribution is 0.121. The minimum atomic E-state index is -1.02. The first-order chi connectivity index (χ1) is 14.7. The van der Waals surface area contributed by atoms with Crippen LogP contribution >= 0.6 is 11.6 Å². The molecule has 3 heterocycles. The fourth-order valence-corrected chi connectivity index (χ4v) is 3.92. The van der Waals surface area contributed by atoms with Crippen molar-refractivity contribution >= 4 is 17.2 Å². The largest absolute Gasteiger partial charge is 0.469 e. The highest BCUT2D eigenvalue weighted by Crippen LogP contribution is 2.31. The van der Waals surface area contributed by atoms with E-state index in [4.69, 9.17) is 21.1 Å². The maximum Gasteiger partial charge on any atom is 0.337 e. The predicted molar refractivity (Wildman–Crippen MR) is 118 cm³/mol. The molecule has 1 N–H and O–H groups in total. The maximum atomic E-state index is 11.0. The number of ether oxygens (including phenoxy) is 2. The molecule has 9 heteroatoms. The van der Waals surface area contributed by atoms with Crippen LogP contribution in [0.5, 0.6) is 11.9 Å². The van der Waals surface area contributed by atoms with Crippen LogP contribution in [-0.4, -0.2) is 61.4 Å². The number of aromatic nitrogens is 4. The van der Waals surface area contributed by atoms with Gasteiger partial charge in [-0.1, -0.05) is 29.8 Å². The average Bonchev–Trinajstić information content (AvgIpc) is 3.31. The summed E-state index contributed by atoms with van der Waals surface area (Å²) in [6.07, 6.45) is 2.77. The molecule has 31 heavy (non-hydrogen) atoms. The third-order valence-electron chi connectivity index (χ3n) is 5.30. The Morgan fingerprint density at radius 3 is 2.74 bits per heavy atom. The molecule has 166 valence electrons. The normalized spacial score (nSPS) is 18.5. The zero-order chi connectivity index (χ0) is 22.2. The molecule has 0 aliphatic carbocycles. The second kappa shape index (κ2) is 8.61. The number of halogens is 1. The Morgan fingerprint density at radius 2 is 2.06 bits per heavy atom. The van der Waals surface area contributed by atoms with Crippen LogP contribution in [0.15, 0.2) is 30.5 Å². The number of imidazole rings is 1. The van der Waals surface area contributed by atoms with Gasteiger partial charge in [-0.3, -0.25) is 0 Å². The molecule has 0 spiro atoms. The van der Waals surface area contributed by atoms with E-state index < -0.39 is 11.7 Å². The summed E-state index contributed by atoms with van der Waals surface area (Å²) in [5, 5.41) is 16.0. The summed E-state index contributed by atoms with van der Waals surface area (Å²) in [6, 6.07) is 7.65. The maximum absolute atomic E-state index is 11.0. The van der Waals surface area contributed by atoms with Crippen molar-refractivity contribution in [2.45, 2.75) is 51.4 Å². The molecule has 2 aromatic heterocycles. The van der Waals surface area contributed by atoms with E-state index >= 15 is 0 Å². The van der Waals surface area contributed by atoms with Crippen molar-refractivity contribution in [3.8, 4) is 11.9 Å². The van der Waals surface area contributed by atoms with Crippen LogP contribution in [-0.2, 0) is 0 Å². The van der Waals surface area contributed by atoms with Gasteiger partial charge >= 0.3 is 6.01 Å². The number of hydrogen-bond acceptors (Lipinski definition) is 7. The third kappa shape index (κ3) is 4.76. The first-order valence-electron chi connectivity index (χ1n) is 10.4. The van der Waals surface area contributed by atoms with E-state index in [-0.39, 0.29) is 6.01 Å². The van der Waals surface area contributed by atoms with Gasteiger partial charge in [0.05, 0.1) is 11.9 Å². The lowest BCUT2D eigenvalue weighted by atomic mass is 10.1. The second-order valence-corrected chi connectivity index (χ2v) is 9.25. The van der Waals surface area contributed by atoms with Crippen LogP contribution in [0.2, 0.25) is 5.02 Å². The number of hydrogen-bond donors (Lipinski definition) is 1. The minimum absolute atomic E-state index is 0.178. The predicted octanol–water partition coefficient (Wildman–Crippen LogP) is 3.51. The van der Waals surface area contributed by atoms with Gasteiger partial charge in [-0.25, -0.2) is 9.50 Å². The van der Waals surface area contributed by atoms with E-state index in [1.165, 1.54) is 4.52 Å². The SMILES string of the molecule is CN1CCC[C@H]1COc1nc(OC(C)(C)C)c2ncc(C(O)c3ccccc3Cl)n2n1. The van der Waals surface area contributed by atoms with Crippen molar-refractivity contribution in [2.75, 3.05) is 20.2 Å². The van der Waals surface area contributed by atoms with Gasteiger partial charge in [0.25, 0.3) is 5.88 Å². The van der Waals surface area contributed by atoms with Crippen molar-refractivity contribution in [1.82, 2.24) is 24.5 Å². The zero-order valence-corrected chi connectivity index (χ0v) is 19.0. The summed E-state index contributed by atoms with van der Waals surface area (Å²) in [5.41, 5.74) is 0.928. The fraction of sp³-hybridized carbons (Fsp3) is 0.500. The molecule has 1 aromatic carbocycles. The summed E-state index contributed by atoms with van der Waals surface area (Å²) in [5.74, 6) is 0.301. The number of likely N-dealkylation sites (N-methyl/N-ethyl adjacent to an activating group) is 1. The quantitative estimate of drug-likeness (QED) is 0.621. The van der Waals surface area contributed by atoms with Crippen molar-refractivity contribution in [3.05, 3.63) is 46.7 Å². The Bertz CT molecular complexity index is 1060. The highest BCUT2D eigenvalue weighted by Gasteiger charge is 2.26. The Hall–Kier alpha value is -2.42. The summed E-state index contributed by atoms with van der Waals surface area (Å²) >= 11 is 6.30. The van der Waals surface area contributed by atoms with E-state index in [1.807, 2.05) is 32.9 Å². The highest BCUT2D eigenvalue weighted by atomic mass is 35.5. The topological polar surface area (TPSA) is 85.0 Å². The minimum Gasteiger partial charge on any atom is -0.469 e. The third-order valence-corrected chi connectivity index (χ3v) is 5.64. The Labute approximate surface area is 186 Å². The van der Waals surface area contributed by atoms with Crippen molar-refractivity contribution in [1.29, 1.82) is 0 Å². The fourth-order valence-electron chi connectivity index (χ4n) is 3.68. The molecule has 8 nitrogen and oxygen atoms in total. The molecular formula is C22H28ClN5O3. The lowest BCUT2D eigenvalue weighted by Crippen LogP contribution is -2.31. The average molecular weight is 446 g/mol. The number of aliphatic hydroxyl groups is 1. The first-order valence-corrected chi connectivity index (χ1v) is 10.8. The van der Waals surface area contributed by atoms with Gasteiger partial charge < -0.3 is 19.5 Å². The van der Waals surface area contributed by atoms with Gasteiger partial charge in [0.1, 0.15) is 18.3 Å². The van der Waals surface area contributed by atoms with Gasteiger partial charge in [0.2, 0.25) is 5.65 Å². The molecule has 0 amide bonds. The molecule has 1 unspecified atom stereocenters. The van der Waals surface area contributed by atoms with Gasteiger partial charge in [-0.05, 0) is 53.3 Å².